The van der Waals surface area contributed by atoms with E-state index in [1.807, 2.05) is 6.07 Å². The minimum atomic E-state index is -1.22. The van der Waals surface area contributed by atoms with E-state index in [4.69, 9.17) is 23.2 Å². The van der Waals surface area contributed by atoms with Crippen molar-refractivity contribution in [1.29, 1.82) is 0 Å². The van der Waals surface area contributed by atoms with Gasteiger partial charge in [-0.25, -0.2) is 9.37 Å². The molecule has 0 bridgehead atoms. The first kappa shape index (κ1) is 30.3. The van der Waals surface area contributed by atoms with Crippen LogP contribution in [0.15, 0.2) is 30.5 Å². The third-order valence-corrected chi connectivity index (χ3v) is 11.0. The fourth-order valence-electron chi connectivity index (χ4n) is 8.21. The van der Waals surface area contributed by atoms with Crippen molar-refractivity contribution in [2.24, 2.45) is 11.3 Å². The summed E-state index contributed by atoms with van der Waals surface area (Å²) in [6.45, 7) is 4.45. The zero-order chi connectivity index (χ0) is 30.9. The Morgan fingerprint density at radius 1 is 1.12 bits per heavy atom. The van der Waals surface area contributed by atoms with E-state index in [0.29, 0.717) is 36.4 Å². The van der Waals surface area contributed by atoms with Gasteiger partial charge in [-0.2, -0.15) is 0 Å². The standard InChI is InChI=1S/C32H38Cl2FN5O3/c1-30(2)8-10-31(11-9-30)32(21-6-5-18(33)15-22(21)38-29(32)43)25(20-7-12-36-27(34)26(20)35)23(39-31)16-24(41)37-19-13-17(14-19)28(42)40(3)4/h5-7,12,15,17,19,23,25,39H,8-11,13-14,16H2,1-4H3,(H,37,41)(H,38,43)/t17?,19?,23-,25-,32+/m0/s1. The SMILES string of the molecule is CN(C)C(=O)C1CC(NC(=O)C[C@@H]2NC3(CCC(C)(C)CC3)[C@@]3(C(=O)Nc4cc(Cl)ccc43)[C@H]2c2ccnc(Cl)c2F)C1. The molecule has 0 unspecified atom stereocenters. The summed E-state index contributed by atoms with van der Waals surface area (Å²) in [4.78, 5) is 45.9. The van der Waals surface area contributed by atoms with E-state index in [1.165, 1.54) is 6.20 Å². The normalized spacial score (nSPS) is 30.1. The van der Waals surface area contributed by atoms with Crippen LogP contribution < -0.4 is 16.0 Å². The summed E-state index contributed by atoms with van der Waals surface area (Å²) in [5.74, 6) is -1.93. The third-order valence-electron chi connectivity index (χ3n) is 10.5. The largest absolute Gasteiger partial charge is 0.353 e. The molecule has 2 aliphatic heterocycles. The number of halogens is 3. The molecule has 1 aromatic carbocycles. The second kappa shape index (κ2) is 10.7. The Hall–Kier alpha value is -2.75. The molecule has 3 fully saturated rings. The van der Waals surface area contributed by atoms with E-state index in [1.54, 1.807) is 37.2 Å². The van der Waals surface area contributed by atoms with E-state index < -0.39 is 28.7 Å². The van der Waals surface area contributed by atoms with Gasteiger partial charge >= 0.3 is 0 Å². The zero-order valence-electron chi connectivity index (χ0n) is 24.9. The average Bonchev–Trinajstić information content (AvgIpc) is 3.36. The maximum absolute atomic E-state index is 16.0. The summed E-state index contributed by atoms with van der Waals surface area (Å²) < 4.78 is 16.0. The van der Waals surface area contributed by atoms with Crippen molar-refractivity contribution in [3.63, 3.8) is 0 Å². The molecule has 3 heterocycles. The van der Waals surface area contributed by atoms with E-state index in [9.17, 15) is 14.4 Å². The number of nitrogens with one attached hydrogen (secondary N) is 3. The first-order valence-electron chi connectivity index (χ1n) is 15.0. The molecule has 1 saturated heterocycles. The number of carbonyl (C=O) groups is 3. The summed E-state index contributed by atoms with van der Waals surface area (Å²) in [6.07, 6.45) is 5.68. The maximum Gasteiger partial charge on any atom is 0.237 e. The van der Waals surface area contributed by atoms with Crippen molar-refractivity contribution >= 4 is 46.6 Å². The van der Waals surface area contributed by atoms with Crippen molar-refractivity contribution in [1.82, 2.24) is 20.5 Å². The van der Waals surface area contributed by atoms with E-state index in [0.717, 1.165) is 18.4 Å². The molecule has 11 heteroatoms. The third kappa shape index (κ3) is 4.82. The smallest absolute Gasteiger partial charge is 0.237 e. The van der Waals surface area contributed by atoms with Crippen molar-refractivity contribution in [3.8, 4) is 0 Å². The number of amides is 3. The van der Waals surface area contributed by atoms with Crippen LogP contribution in [0.2, 0.25) is 10.2 Å². The minimum Gasteiger partial charge on any atom is -0.353 e. The highest BCUT2D eigenvalue weighted by molar-refractivity contribution is 6.31. The lowest BCUT2D eigenvalue weighted by molar-refractivity contribution is -0.137. The van der Waals surface area contributed by atoms with E-state index >= 15 is 4.39 Å². The van der Waals surface area contributed by atoms with Gasteiger partial charge in [-0.05, 0) is 73.3 Å². The number of pyridine rings is 1. The van der Waals surface area contributed by atoms with Crippen LogP contribution in [-0.4, -0.2) is 59.3 Å². The maximum atomic E-state index is 16.0. The highest BCUT2D eigenvalue weighted by atomic mass is 35.5. The number of hydrogen-bond acceptors (Lipinski definition) is 5. The van der Waals surface area contributed by atoms with Crippen LogP contribution >= 0.6 is 23.2 Å². The highest BCUT2D eigenvalue weighted by Gasteiger charge is 2.72. The molecule has 4 aliphatic rings. The highest BCUT2D eigenvalue weighted by Crippen LogP contribution is 2.64. The number of nitrogens with zero attached hydrogens (tertiary/aromatic N) is 2. The number of carbonyl (C=O) groups excluding carboxylic acids is 3. The van der Waals surface area contributed by atoms with Crippen LogP contribution in [0.25, 0.3) is 0 Å². The molecule has 3 atom stereocenters. The number of rotatable bonds is 5. The van der Waals surface area contributed by atoms with Crippen LogP contribution in [0.5, 0.6) is 0 Å². The summed E-state index contributed by atoms with van der Waals surface area (Å²) in [5.41, 5.74) is -0.288. The predicted octanol–water partition coefficient (Wildman–Crippen LogP) is 5.19. The molecule has 3 N–H and O–H groups in total. The van der Waals surface area contributed by atoms with Crippen LogP contribution in [0, 0.1) is 17.2 Å². The Bertz CT molecular complexity index is 1480. The van der Waals surface area contributed by atoms with E-state index in [2.05, 4.69) is 34.8 Å². The van der Waals surface area contributed by atoms with Crippen molar-refractivity contribution < 1.29 is 18.8 Å². The summed E-state index contributed by atoms with van der Waals surface area (Å²) in [7, 11) is 3.46. The van der Waals surface area contributed by atoms with E-state index in [-0.39, 0.29) is 52.2 Å². The van der Waals surface area contributed by atoms with Gasteiger partial charge in [-0.3, -0.25) is 14.4 Å². The monoisotopic (exact) mass is 629 g/mol. The fourth-order valence-corrected chi connectivity index (χ4v) is 8.55. The lowest BCUT2D eigenvalue weighted by Gasteiger charge is -2.50. The van der Waals surface area contributed by atoms with Gasteiger partial charge in [0.2, 0.25) is 17.7 Å². The molecule has 2 aliphatic carbocycles. The lowest BCUT2D eigenvalue weighted by atomic mass is 9.53. The van der Waals surface area contributed by atoms with Crippen LogP contribution in [0.4, 0.5) is 10.1 Å². The number of hydrogen-bond donors (Lipinski definition) is 3. The van der Waals surface area contributed by atoms with Gasteiger partial charge in [-0.1, -0.05) is 43.1 Å². The lowest BCUT2D eigenvalue weighted by Crippen LogP contribution is -2.61. The van der Waals surface area contributed by atoms with Gasteiger partial charge in [0, 0.05) is 66.9 Å². The van der Waals surface area contributed by atoms with Crippen molar-refractivity contribution in [2.45, 2.75) is 87.7 Å². The van der Waals surface area contributed by atoms with Gasteiger partial charge in [-0.15, -0.1) is 0 Å². The fraction of sp³-hybridized carbons (Fsp3) is 0.562. The Kier molecular flexibility index (Phi) is 7.54. The molecule has 8 nitrogen and oxygen atoms in total. The summed E-state index contributed by atoms with van der Waals surface area (Å²) in [6, 6.07) is 6.25. The predicted molar refractivity (Wildman–Crippen MR) is 164 cm³/mol. The molecular formula is C32H38Cl2FN5O3. The minimum absolute atomic E-state index is 0.0237. The topological polar surface area (TPSA) is 103 Å². The molecule has 0 radical (unpaired) electrons. The summed E-state index contributed by atoms with van der Waals surface area (Å²) in [5, 5.41) is 10.2. The van der Waals surface area contributed by atoms with Crippen LogP contribution in [-0.2, 0) is 19.8 Å². The quantitative estimate of drug-likeness (QED) is 0.395. The number of anilines is 1. The Labute approximate surface area is 261 Å². The molecular weight excluding hydrogens is 592 g/mol. The second-order valence-corrected chi connectivity index (χ2v) is 14.6. The van der Waals surface area contributed by atoms with Gasteiger partial charge in [0.05, 0.1) is 0 Å². The average molecular weight is 631 g/mol. The Balaban J connectivity index is 1.42. The number of aromatic nitrogens is 1. The number of benzene rings is 1. The van der Waals surface area contributed by atoms with Crippen LogP contribution in [0.3, 0.4) is 0 Å². The summed E-state index contributed by atoms with van der Waals surface area (Å²) >= 11 is 12.6. The first-order chi connectivity index (χ1) is 20.3. The van der Waals surface area contributed by atoms with Gasteiger partial charge in [0.25, 0.3) is 0 Å². The second-order valence-electron chi connectivity index (χ2n) is 13.8. The molecule has 2 spiro atoms. The Morgan fingerprint density at radius 2 is 1.81 bits per heavy atom. The van der Waals surface area contributed by atoms with Crippen molar-refractivity contribution in [2.75, 3.05) is 19.4 Å². The van der Waals surface area contributed by atoms with Gasteiger partial charge < -0.3 is 20.9 Å². The molecule has 230 valence electrons. The zero-order valence-corrected chi connectivity index (χ0v) is 26.4. The van der Waals surface area contributed by atoms with Gasteiger partial charge in [0.15, 0.2) is 11.0 Å². The molecule has 3 amide bonds. The molecule has 6 rings (SSSR count). The molecule has 2 aromatic rings. The molecule has 43 heavy (non-hydrogen) atoms. The molecule has 2 saturated carbocycles. The number of fused-ring (bicyclic) bond motifs is 3. The first-order valence-corrected chi connectivity index (χ1v) is 15.7. The van der Waals surface area contributed by atoms with Crippen LogP contribution in [0.1, 0.15) is 75.8 Å². The Morgan fingerprint density at radius 3 is 2.49 bits per heavy atom. The van der Waals surface area contributed by atoms with Crippen molar-refractivity contribution in [3.05, 3.63) is 57.6 Å². The molecule has 1 aromatic heterocycles. The van der Waals surface area contributed by atoms with Gasteiger partial charge in [0.1, 0.15) is 5.41 Å².